The number of thiocarbonyl (C=S) groups is 1. The van der Waals surface area contributed by atoms with E-state index in [0.29, 0.717) is 28.1 Å². The zero-order valence-corrected chi connectivity index (χ0v) is 22.0. The second kappa shape index (κ2) is 11.9. The smallest absolute Gasteiger partial charge is 0.263 e. The number of nitrogens with one attached hydrogen (secondary N) is 3. The van der Waals surface area contributed by atoms with Crippen molar-refractivity contribution in [3.8, 4) is 11.6 Å². The molecule has 1 amide bonds. The molecule has 13 heteroatoms. The monoisotopic (exact) mass is 579 g/mol. The number of sulfonamides is 1. The number of methoxy groups -OCH3 is 1. The Morgan fingerprint density at radius 1 is 1.11 bits per heavy atom. The molecule has 3 aromatic rings. The molecule has 0 radical (unpaired) electrons. The lowest BCUT2D eigenvalue weighted by molar-refractivity contribution is 0.0977. The van der Waals surface area contributed by atoms with Crippen LogP contribution in [0.4, 0.5) is 11.5 Å². The number of hydrogen-bond acceptors (Lipinski definition) is 8. The molecule has 35 heavy (non-hydrogen) atoms. The van der Waals surface area contributed by atoms with E-state index >= 15 is 0 Å². The van der Waals surface area contributed by atoms with Crippen LogP contribution in [0.5, 0.6) is 11.6 Å². The fraction of sp³-hybridized carbons (Fsp3) is 0.182. The number of anilines is 2. The first-order valence-electron chi connectivity index (χ1n) is 10.3. The number of carbonyl (C=O) groups excluding carboxylic acids is 1. The van der Waals surface area contributed by atoms with Gasteiger partial charge in [0.15, 0.2) is 5.11 Å². The third kappa shape index (κ3) is 7.10. The van der Waals surface area contributed by atoms with Gasteiger partial charge >= 0.3 is 0 Å². The summed E-state index contributed by atoms with van der Waals surface area (Å²) < 4.78 is 38.9. The van der Waals surface area contributed by atoms with E-state index in [1.54, 1.807) is 18.2 Å². The van der Waals surface area contributed by atoms with E-state index in [9.17, 15) is 13.2 Å². The molecular weight excluding hydrogens is 558 g/mol. The predicted molar refractivity (Wildman–Crippen MR) is 139 cm³/mol. The Bertz CT molecular complexity index is 1320. The topological polar surface area (TPSA) is 132 Å². The van der Waals surface area contributed by atoms with Gasteiger partial charge in [0.2, 0.25) is 5.82 Å². The van der Waals surface area contributed by atoms with Crippen molar-refractivity contribution >= 4 is 60.7 Å². The zero-order valence-electron chi connectivity index (χ0n) is 18.7. The van der Waals surface area contributed by atoms with Crippen LogP contribution in [0, 0.1) is 0 Å². The predicted octanol–water partition coefficient (Wildman–Crippen LogP) is 3.96. The first-order valence-corrected chi connectivity index (χ1v) is 12.9. The number of ether oxygens (including phenoxy) is 2. The summed E-state index contributed by atoms with van der Waals surface area (Å²) in [6.45, 7) is 2.58. The minimum atomic E-state index is -3.94. The summed E-state index contributed by atoms with van der Waals surface area (Å²) in [5.41, 5.74) is 0.868. The van der Waals surface area contributed by atoms with Crippen LogP contribution in [-0.4, -0.2) is 43.1 Å². The number of hydrogen-bond donors (Lipinski definition) is 3. The molecule has 0 saturated carbocycles. The first kappa shape index (κ1) is 26.3. The molecule has 3 rings (SSSR count). The lowest BCUT2D eigenvalue weighted by Crippen LogP contribution is -2.34. The van der Waals surface area contributed by atoms with E-state index in [-0.39, 0.29) is 21.7 Å². The van der Waals surface area contributed by atoms with Crippen molar-refractivity contribution in [3.63, 3.8) is 0 Å². The summed E-state index contributed by atoms with van der Waals surface area (Å²) in [5.74, 6) is 0.251. The van der Waals surface area contributed by atoms with E-state index in [2.05, 4.69) is 41.3 Å². The van der Waals surface area contributed by atoms with Crippen LogP contribution in [-0.2, 0) is 10.0 Å². The number of amides is 1. The Labute approximate surface area is 216 Å². The van der Waals surface area contributed by atoms with Crippen LogP contribution < -0.4 is 24.8 Å². The molecule has 0 aliphatic carbocycles. The van der Waals surface area contributed by atoms with Crippen LogP contribution in [0.2, 0.25) is 0 Å². The first-order chi connectivity index (χ1) is 16.7. The number of carbonyl (C=O) groups is 1. The third-order valence-corrected chi connectivity index (χ3v) is 6.57. The van der Waals surface area contributed by atoms with Gasteiger partial charge in [0.05, 0.1) is 23.1 Å². The largest absolute Gasteiger partial charge is 0.492 e. The highest BCUT2D eigenvalue weighted by Gasteiger charge is 2.18. The maximum atomic E-state index is 12.7. The molecule has 10 nitrogen and oxygen atoms in total. The van der Waals surface area contributed by atoms with Crippen LogP contribution in [0.1, 0.15) is 23.7 Å². The minimum Gasteiger partial charge on any atom is -0.492 e. The van der Waals surface area contributed by atoms with Gasteiger partial charge in [-0.25, -0.2) is 18.4 Å². The molecule has 0 saturated heterocycles. The standard InChI is InChI=1S/C22H22BrN5O5S2/c1-3-12-33-18-9-4-14(13-17(18)23)20(29)27-22(34)26-15-5-7-16(8-6-15)35(30,31)28-19-21(32-2)25-11-10-24-19/h4-11,13H,3,12H2,1-2H3,(H,24,28)(H2,26,27,29,34). The lowest BCUT2D eigenvalue weighted by Gasteiger charge is -2.12. The summed E-state index contributed by atoms with van der Waals surface area (Å²) >= 11 is 8.60. The van der Waals surface area contributed by atoms with Crippen molar-refractivity contribution in [1.82, 2.24) is 15.3 Å². The van der Waals surface area contributed by atoms with E-state index in [4.69, 9.17) is 21.7 Å². The van der Waals surface area contributed by atoms with Crippen molar-refractivity contribution in [1.29, 1.82) is 0 Å². The number of benzene rings is 2. The highest BCUT2D eigenvalue weighted by Crippen LogP contribution is 2.26. The van der Waals surface area contributed by atoms with Crippen LogP contribution in [0.15, 0.2) is 64.2 Å². The van der Waals surface area contributed by atoms with E-state index < -0.39 is 15.9 Å². The fourth-order valence-electron chi connectivity index (χ4n) is 2.76. The number of halogens is 1. The molecular formula is C22H22BrN5O5S2. The zero-order chi connectivity index (χ0) is 25.4. The quantitative estimate of drug-likeness (QED) is 0.322. The van der Waals surface area contributed by atoms with Crippen LogP contribution in [0.25, 0.3) is 0 Å². The Morgan fingerprint density at radius 2 is 1.83 bits per heavy atom. The van der Waals surface area contributed by atoms with Gasteiger partial charge in [-0.1, -0.05) is 6.92 Å². The van der Waals surface area contributed by atoms with Gasteiger partial charge < -0.3 is 14.8 Å². The number of rotatable bonds is 9. The molecule has 0 bridgehead atoms. The molecule has 184 valence electrons. The SMILES string of the molecule is CCCOc1ccc(C(=O)NC(=S)Nc2ccc(S(=O)(=O)Nc3nccnc3OC)cc2)cc1Br. The van der Waals surface area contributed by atoms with E-state index in [1.165, 1.54) is 43.8 Å². The van der Waals surface area contributed by atoms with Crippen molar-refractivity contribution in [2.75, 3.05) is 23.8 Å². The highest BCUT2D eigenvalue weighted by atomic mass is 79.9. The molecule has 1 aromatic heterocycles. The molecule has 1 heterocycles. The van der Waals surface area contributed by atoms with Gasteiger partial charge in [-0.05, 0) is 77.0 Å². The number of aromatic nitrogens is 2. The lowest BCUT2D eigenvalue weighted by atomic mass is 10.2. The Hall–Kier alpha value is -3.29. The van der Waals surface area contributed by atoms with Gasteiger partial charge in [0, 0.05) is 23.6 Å². The Kier molecular flexibility index (Phi) is 8.95. The van der Waals surface area contributed by atoms with Gasteiger partial charge in [-0.3, -0.25) is 14.8 Å². The van der Waals surface area contributed by atoms with E-state index in [0.717, 1.165) is 6.42 Å². The van der Waals surface area contributed by atoms with Crippen LogP contribution >= 0.6 is 28.1 Å². The molecule has 0 aliphatic rings. The summed E-state index contributed by atoms with van der Waals surface area (Å²) in [7, 11) is -2.58. The second-order valence-corrected chi connectivity index (χ2v) is 9.89. The second-order valence-electron chi connectivity index (χ2n) is 6.95. The summed E-state index contributed by atoms with van der Waals surface area (Å²) in [6, 6.07) is 10.8. The molecule has 0 atom stereocenters. The van der Waals surface area contributed by atoms with Crippen LogP contribution in [0.3, 0.4) is 0 Å². The van der Waals surface area contributed by atoms with Gasteiger partial charge in [-0.2, -0.15) is 0 Å². The summed E-state index contributed by atoms with van der Waals surface area (Å²) in [6.07, 6.45) is 3.60. The van der Waals surface area contributed by atoms with Crippen molar-refractivity contribution < 1.29 is 22.7 Å². The molecule has 2 aromatic carbocycles. The molecule has 0 spiro atoms. The normalized spacial score (nSPS) is 10.8. The Balaban J connectivity index is 1.61. The van der Waals surface area contributed by atoms with Gasteiger partial charge in [-0.15, -0.1) is 0 Å². The number of nitrogens with zero attached hydrogens (tertiary/aromatic N) is 2. The average Bonchev–Trinajstić information content (AvgIpc) is 2.83. The minimum absolute atomic E-state index is 0.0130. The van der Waals surface area contributed by atoms with E-state index in [1.807, 2.05) is 6.92 Å². The Morgan fingerprint density at radius 3 is 2.49 bits per heavy atom. The van der Waals surface area contributed by atoms with Crippen molar-refractivity contribution in [2.45, 2.75) is 18.2 Å². The van der Waals surface area contributed by atoms with Crippen molar-refractivity contribution in [2.24, 2.45) is 0 Å². The third-order valence-electron chi connectivity index (χ3n) is 4.39. The average molecular weight is 580 g/mol. The maximum Gasteiger partial charge on any atom is 0.263 e. The molecule has 0 fully saturated rings. The summed E-state index contributed by atoms with van der Waals surface area (Å²) in [4.78, 5) is 20.4. The highest BCUT2D eigenvalue weighted by molar-refractivity contribution is 9.10. The van der Waals surface area contributed by atoms with Gasteiger partial charge in [0.1, 0.15) is 5.75 Å². The van der Waals surface area contributed by atoms with Crippen molar-refractivity contribution in [3.05, 3.63) is 64.9 Å². The van der Waals surface area contributed by atoms with Gasteiger partial charge in [0.25, 0.3) is 21.8 Å². The summed E-state index contributed by atoms with van der Waals surface area (Å²) in [5, 5.41) is 5.48. The maximum absolute atomic E-state index is 12.7. The fourth-order valence-corrected chi connectivity index (χ4v) is 4.47. The molecule has 3 N–H and O–H groups in total. The molecule has 0 aliphatic heterocycles. The molecule has 0 unspecified atom stereocenters.